The maximum Gasteiger partial charge on any atom is 0.309 e. The van der Waals surface area contributed by atoms with E-state index in [-0.39, 0.29) is 23.9 Å². The zero-order valence-electron chi connectivity index (χ0n) is 10.8. The molecule has 17 heavy (non-hydrogen) atoms. The molecule has 5 unspecified atom stereocenters. The number of carbonyl (C=O) groups excluding carboxylic acids is 1. The lowest BCUT2D eigenvalue weighted by Crippen LogP contribution is -2.30. The third-order valence-corrected chi connectivity index (χ3v) is 4.60. The van der Waals surface area contributed by atoms with Gasteiger partial charge in [0.1, 0.15) is 6.10 Å². The van der Waals surface area contributed by atoms with Crippen LogP contribution in [0.1, 0.15) is 40.0 Å². The van der Waals surface area contributed by atoms with Gasteiger partial charge in [0.2, 0.25) is 0 Å². The predicted molar refractivity (Wildman–Crippen MR) is 63.8 cm³/mol. The molecule has 3 heteroatoms. The molecule has 0 aromatic rings. The summed E-state index contributed by atoms with van der Waals surface area (Å²) in [5.41, 5.74) is 0. The van der Waals surface area contributed by atoms with Gasteiger partial charge in [-0.05, 0) is 37.0 Å². The minimum atomic E-state index is -0.0638. The Labute approximate surface area is 103 Å². The fourth-order valence-electron chi connectivity index (χ4n) is 3.05. The number of ether oxygens (including phenoxy) is 1. The average molecular weight is 235 g/mol. The van der Waals surface area contributed by atoms with Crippen LogP contribution in [0.3, 0.4) is 0 Å². The van der Waals surface area contributed by atoms with Gasteiger partial charge < -0.3 is 4.74 Å². The Morgan fingerprint density at radius 1 is 1.24 bits per heavy atom. The minimum Gasteiger partial charge on any atom is -0.462 e. The topological polar surface area (TPSA) is 50.1 Å². The molecule has 2 aliphatic rings. The van der Waals surface area contributed by atoms with Crippen molar-refractivity contribution in [2.75, 3.05) is 0 Å². The van der Waals surface area contributed by atoms with Gasteiger partial charge in [-0.15, -0.1) is 0 Å². The minimum absolute atomic E-state index is 0.0270. The van der Waals surface area contributed by atoms with E-state index in [1.54, 1.807) is 0 Å². The van der Waals surface area contributed by atoms with E-state index in [0.29, 0.717) is 17.8 Å². The Balaban J connectivity index is 1.88. The van der Waals surface area contributed by atoms with Crippen LogP contribution >= 0.6 is 0 Å². The van der Waals surface area contributed by atoms with Crippen molar-refractivity contribution in [3.05, 3.63) is 0 Å². The first kappa shape index (κ1) is 12.4. The van der Waals surface area contributed by atoms with Crippen LogP contribution in [0.5, 0.6) is 0 Å². The summed E-state index contributed by atoms with van der Waals surface area (Å²) in [6.45, 7) is 6.01. The van der Waals surface area contributed by atoms with E-state index in [2.05, 4.69) is 6.07 Å². The van der Waals surface area contributed by atoms with Crippen molar-refractivity contribution < 1.29 is 9.53 Å². The van der Waals surface area contributed by atoms with Crippen molar-refractivity contribution in [3.8, 4) is 6.07 Å². The van der Waals surface area contributed by atoms with Crippen LogP contribution in [0.4, 0.5) is 0 Å². The van der Waals surface area contributed by atoms with E-state index in [9.17, 15) is 4.79 Å². The standard InChI is InChI=1S/C14H21NO2/c1-8(2)9(3)14(16)17-13-6-10-4-11(13)5-12(10)7-15/h8-13H,4-6H2,1-3H3. The van der Waals surface area contributed by atoms with Crippen molar-refractivity contribution >= 4 is 5.97 Å². The summed E-state index contributed by atoms with van der Waals surface area (Å²) < 4.78 is 5.61. The van der Waals surface area contributed by atoms with Crippen LogP contribution in [-0.2, 0) is 9.53 Å². The zero-order chi connectivity index (χ0) is 12.6. The largest absolute Gasteiger partial charge is 0.462 e. The molecule has 0 N–H and O–H groups in total. The van der Waals surface area contributed by atoms with Crippen molar-refractivity contribution in [2.24, 2.45) is 29.6 Å². The monoisotopic (exact) mass is 235 g/mol. The molecule has 94 valence electrons. The number of hydrogen-bond acceptors (Lipinski definition) is 3. The van der Waals surface area contributed by atoms with E-state index >= 15 is 0 Å². The van der Waals surface area contributed by atoms with E-state index in [4.69, 9.17) is 10.00 Å². The molecule has 2 fully saturated rings. The van der Waals surface area contributed by atoms with Gasteiger partial charge in [-0.2, -0.15) is 5.26 Å². The van der Waals surface area contributed by atoms with Gasteiger partial charge in [0, 0.05) is 5.92 Å². The average Bonchev–Trinajstić information content (AvgIpc) is 2.86. The highest BCUT2D eigenvalue weighted by molar-refractivity contribution is 5.72. The first-order chi connectivity index (χ1) is 8.02. The Kier molecular flexibility index (Phi) is 3.42. The van der Waals surface area contributed by atoms with Gasteiger partial charge in [0.15, 0.2) is 0 Å². The molecule has 0 spiro atoms. The third kappa shape index (κ3) is 2.31. The highest BCUT2D eigenvalue weighted by Crippen LogP contribution is 2.49. The van der Waals surface area contributed by atoms with Crippen molar-refractivity contribution in [1.82, 2.24) is 0 Å². The number of rotatable bonds is 3. The molecule has 0 aliphatic heterocycles. The van der Waals surface area contributed by atoms with Gasteiger partial charge >= 0.3 is 5.97 Å². The smallest absolute Gasteiger partial charge is 0.309 e. The number of fused-ring (bicyclic) bond motifs is 2. The molecule has 5 atom stereocenters. The molecule has 0 amide bonds. The molecule has 2 saturated carbocycles. The molecule has 0 aromatic carbocycles. The van der Waals surface area contributed by atoms with Gasteiger partial charge in [0.05, 0.1) is 12.0 Å². The summed E-state index contributed by atoms with van der Waals surface area (Å²) >= 11 is 0. The molecule has 2 rings (SSSR count). The lowest BCUT2D eigenvalue weighted by molar-refractivity contribution is -0.157. The number of hydrogen-bond donors (Lipinski definition) is 0. The fraction of sp³-hybridized carbons (Fsp3) is 0.857. The Bertz CT molecular complexity index is 345. The maximum atomic E-state index is 11.9. The van der Waals surface area contributed by atoms with Crippen LogP contribution in [-0.4, -0.2) is 12.1 Å². The number of carbonyl (C=O) groups is 1. The van der Waals surface area contributed by atoms with Crippen molar-refractivity contribution in [1.29, 1.82) is 5.26 Å². The number of esters is 1. The highest BCUT2D eigenvalue weighted by atomic mass is 16.5. The van der Waals surface area contributed by atoms with Gasteiger partial charge in [-0.3, -0.25) is 4.79 Å². The molecule has 0 aromatic heterocycles. The second-order valence-corrected chi connectivity index (χ2v) is 5.97. The normalized spacial score (nSPS) is 36.9. The van der Waals surface area contributed by atoms with E-state index in [1.807, 2.05) is 20.8 Å². The molecular weight excluding hydrogens is 214 g/mol. The van der Waals surface area contributed by atoms with Crippen molar-refractivity contribution in [2.45, 2.75) is 46.1 Å². The Hall–Kier alpha value is -1.04. The highest BCUT2D eigenvalue weighted by Gasteiger charge is 2.48. The van der Waals surface area contributed by atoms with E-state index in [1.165, 1.54) is 0 Å². The summed E-state index contributed by atoms with van der Waals surface area (Å²) in [5, 5.41) is 8.96. The van der Waals surface area contributed by atoms with Gasteiger partial charge in [-0.25, -0.2) is 0 Å². The summed E-state index contributed by atoms with van der Waals surface area (Å²) in [4.78, 5) is 11.9. The van der Waals surface area contributed by atoms with Crippen LogP contribution in [0, 0.1) is 40.9 Å². The second-order valence-electron chi connectivity index (χ2n) is 5.97. The lowest BCUT2D eigenvalue weighted by atomic mass is 9.88. The SMILES string of the molecule is CC(C)C(C)C(=O)OC1CC2CC1CC2C#N. The van der Waals surface area contributed by atoms with Crippen LogP contribution in [0.2, 0.25) is 0 Å². The number of nitriles is 1. The maximum absolute atomic E-state index is 11.9. The molecule has 0 radical (unpaired) electrons. The summed E-state index contributed by atoms with van der Waals surface area (Å²) in [5.74, 6) is 1.35. The van der Waals surface area contributed by atoms with Crippen LogP contribution in [0.15, 0.2) is 0 Å². The van der Waals surface area contributed by atoms with E-state index in [0.717, 1.165) is 19.3 Å². The first-order valence-corrected chi connectivity index (χ1v) is 6.63. The van der Waals surface area contributed by atoms with Crippen LogP contribution < -0.4 is 0 Å². The molecular formula is C14H21NO2. The summed E-state index contributed by atoms with van der Waals surface area (Å²) in [6, 6.07) is 2.37. The molecule has 0 heterocycles. The summed E-state index contributed by atoms with van der Waals surface area (Å²) in [6.07, 6.45) is 2.99. The molecule has 3 nitrogen and oxygen atoms in total. The molecule has 0 saturated heterocycles. The fourth-order valence-corrected chi connectivity index (χ4v) is 3.05. The second kappa shape index (κ2) is 4.68. The third-order valence-electron chi connectivity index (χ3n) is 4.60. The molecule has 2 bridgehead atoms. The lowest BCUT2D eigenvalue weighted by Gasteiger charge is -2.26. The van der Waals surface area contributed by atoms with Crippen LogP contribution in [0.25, 0.3) is 0 Å². The van der Waals surface area contributed by atoms with Crippen molar-refractivity contribution in [3.63, 3.8) is 0 Å². The van der Waals surface area contributed by atoms with Gasteiger partial charge in [0.25, 0.3) is 0 Å². The van der Waals surface area contributed by atoms with E-state index < -0.39 is 0 Å². The quantitative estimate of drug-likeness (QED) is 0.707. The first-order valence-electron chi connectivity index (χ1n) is 6.63. The van der Waals surface area contributed by atoms with Gasteiger partial charge in [-0.1, -0.05) is 20.8 Å². The number of nitrogens with zero attached hydrogens (tertiary/aromatic N) is 1. The Morgan fingerprint density at radius 2 is 1.94 bits per heavy atom. The molecule has 2 aliphatic carbocycles. The Morgan fingerprint density at radius 3 is 2.41 bits per heavy atom. The predicted octanol–water partition coefficient (Wildman–Crippen LogP) is 2.76. The summed E-state index contributed by atoms with van der Waals surface area (Å²) in [7, 11) is 0. The zero-order valence-corrected chi connectivity index (χ0v) is 10.8.